The number of methoxy groups -OCH3 is 3. The number of aryl methyl sites for hydroxylation is 6. The lowest BCUT2D eigenvalue weighted by Gasteiger charge is -2.31. The number of fused-ring (bicyclic) bond motifs is 7. The zero-order valence-electron chi connectivity index (χ0n) is 76.7. The number of ether oxygens (including phenoxy) is 4. The van der Waals surface area contributed by atoms with E-state index < -0.39 is 82.4 Å². The number of nitrogens with one attached hydrogen (secondary N) is 8. The first-order valence-corrected chi connectivity index (χ1v) is 45.1. The number of urea groups is 4. The van der Waals surface area contributed by atoms with Crippen LogP contribution in [0.2, 0.25) is 0 Å². The molecule has 14 aromatic rings. The van der Waals surface area contributed by atoms with E-state index in [0.29, 0.717) is 81.4 Å². The van der Waals surface area contributed by atoms with Gasteiger partial charge in [-0.25, -0.2) is 24.2 Å². The minimum absolute atomic E-state index is 0.000163. The van der Waals surface area contributed by atoms with Gasteiger partial charge in [-0.1, -0.05) is 125 Å². The van der Waals surface area contributed by atoms with Gasteiger partial charge < -0.3 is 64.4 Å². The highest BCUT2D eigenvalue weighted by Crippen LogP contribution is 2.42. The fourth-order valence-electron chi connectivity index (χ4n) is 19.6. The Morgan fingerprint density at radius 3 is 1.06 bits per heavy atom. The van der Waals surface area contributed by atoms with Crippen LogP contribution in [0, 0.1) is 20.8 Å². The second-order valence-electron chi connectivity index (χ2n) is 35.5. The monoisotopic (exact) mass is 1950 g/mol. The maximum Gasteiger partial charge on any atom is 0.387 e. The third kappa shape index (κ3) is 16.7. The van der Waals surface area contributed by atoms with E-state index in [2.05, 4.69) is 122 Å². The second-order valence-corrected chi connectivity index (χ2v) is 36.4. The van der Waals surface area contributed by atoms with Crippen LogP contribution in [0.15, 0.2) is 229 Å². The zero-order valence-corrected chi connectivity index (χ0v) is 78.3. The Morgan fingerprint density at radius 1 is 0.386 bits per heavy atom. The van der Waals surface area contributed by atoms with Gasteiger partial charge in [-0.15, -0.1) is 0 Å². The number of carbonyl (C=O) groups is 12. The number of hydrogen-bond acceptors (Lipinski definition) is 19. The van der Waals surface area contributed by atoms with Crippen LogP contribution in [0.5, 0.6) is 23.0 Å². The van der Waals surface area contributed by atoms with Crippen molar-refractivity contribution in [2.24, 2.45) is 21.1 Å². The maximum absolute atomic E-state index is 13.2. The van der Waals surface area contributed by atoms with Gasteiger partial charge in [-0.3, -0.25) is 69.0 Å². The number of aromatic nitrogens is 6. The molecule has 0 unspecified atom stereocenters. The van der Waals surface area contributed by atoms with Crippen LogP contribution in [0.1, 0.15) is 103 Å². The third-order valence-electron chi connectivity index (χ3n) is 26.7. The van der Waals surface area contributed by atoms with Crippen LogP contribution < -0.4 is 61.5 Å². The highest BCUT2D eigenvalue weighted by atomic mass is 79.9. The number of imidazole rings is 1. The van der Waals surface area contributed by atoms with Gasteiger partial charge in [0.05, 0.1) is 82.1 Å². The predicted octanol–water partition coefficient (Wildman–Crippen LogP) is 12.5. The molecule has 22 rings (SSSR count). The number of rotatable bonds is 20. The Bertz CT molecular complexity index is 7420. The summed E-state index contributed by atoms with van der Waals surface area (Å²) in [6.07, 6.45) is 5.62. The molecule has 8 N–H and O–H groups in total. The summed E-state index contributed by atoms with van der Waals surface area (Å²) in [5.41, 5.74) is 14.9. The van der Waals surface area contributed by atoms with Crippen molar-refractivity contribution in [3.05, 3.63) is 313 Å². The van der Waals surface area contributed by atoms with Crippen molar-refractivity contribution in [2.75, 3.05) is 47.5 Å². The highest BCUT2D eigenvalue weighted by molar-refractivity contribution is 9.10. The molecule has 8 aliphatic heterocycles. The highest BCUT2D eigenvalue weighted by Gasteiger charge is 2.55. The molecule has 37 heteroatoms. The van der Waals surface area contributed by atoms with Gasteiger partial charge >= 0.3 is 30.7 Å². The lowest BCUT2D eigenvalue weighted by Crippen LogP contribution is -2.52. The van der Waals surface area contributed by atoms with Gasteiger partial charge in [0.25, 0.3) is 47.3 Å². The van der Waals surface area contributed by atoms with Gasteiger partial charge in [-0.2, -0.15) is 19.0 Å². The number of imide groups is 4. The van der Waals surface area contributed by atoms with Gasteiger partial charge in [0, 0.05) is 91.0 Å². The fraction of sp³-hybridized carbons (Fsp3) is 0.214. The summed E-state index contributed by atoms with van der Waals surface area (Å²) in [6, 6.07) is 59.7. The minimum Gasteiger partial charge on any atom is -0.497 e. The standard InChI is InChI=1S/3C28H25N5O4.C19H14BrF2N3O4/c1-16-10-19(11-20-13-32(2)31-24(16)20)17-4-7-21(8-5-17)28(26(35)29-27(36)30-28)15-33-14-18-6-9-22(37-3)12-23(18)25(33)34;1-16-10-19(11-20-13-29-32(2)24(16)20)17-4-7-21(8-5-17)28(26(35)30-27(36)31-28)15-33-14-18-6-9-22(37-3)12-23(18)25(33)34;1-16-10-19(11-23-24(16)29-15-32(23)2)17-4-7-20(8-5-17)28(26(35)30-27(36)31-28)14-33-13-18-6-9-21(37-3)12-22(18)25(33)34;20-12-4-2-11(3-5-12)19(16(27)23-18(28)24-19)9-25-8-10-1-6-13(29-17(21)22)7-14(10)15(25)26/h4-13H,14-15H2,1-3H3,(H2,29,30,35,36);4-13H,14-15H2,1-3H3,(H2,30,31,35,36);4-12,15H,13-14H2,1-3H3,(H2,30,31,35,36);1-7,17H,8-9H2,(H2,23,24,27,28)/t3*28-;19-/m0000/s1. The molecule has 11 heterocycles. The topological polar surface area (TPSA) is 404 Å². The number of nitrogens with zero attached hydrogens (tertiary/aromatic N) is 10. The molecule has 140 heavy (non-hydrogen) atoms. The van der Waals surface area contributed by atoms with Crippen molar-refractivity contribution in [1.82, 2.24) is 91.2 Å². The van der Waals surface area contributed by atoms with Crippen molar-refractivity contribution >= 4 is 120 Å². The van der Waals surface area contributed by atoms with E-state index in [9.17, 15) is 66.3 Å². The maximum atomic E-state index is 13.2. The average molecular weight is 1950 g/mol. The summed E-state index contributed by atoms with van der Waals surface area (Å²) >= 11 is 3.32. The number of halogens is 3. The minimum atomic E-state index is -3.00. The molecule has 0 spiro atoms. The summed E-state index contributed by atoms with van der Waals surface area (Å²) in [5.74, 6) is -1.46. The Labute approximate surface area is 805 Å². The SMILES string of the molecule is COc1ccc2c(c1)C(=O)N(C[C@@]1(c3ccc(-c4cc(C)c5c(cnn5C)c4)cc3)NC(=O)NC1=O)C2.COc1ccc2c(c1)C(=O)N(C[C@@]1(c3ccc(-c4cc(C)c5ncn(C)c5c4)cc3)NC(=O)NC1=O)C2.COc1ccc2c(c1)C(=O)N(C[C@@]1(c3ccc(-c4cc(C)c5nn(C)cc5c4)cc3)NC(=O)NC1=O)C2.O=C1NC(=O)[C@](CN2Cc3ccc(OC(F)F)cc3C2=O)(c2ccc(Br)cc2)N1. The molecular weight excluding hydrogens is 1860 g/mol. The van der Waals surface area contributed by atoms with Crippen LogP contribution in [0.4, 0.5) is 28.0 Å². The van der Waals surface area contributed by atoms with Crippen molar-refractivity contribution in [2.45, 2.75) is 75.7 Å². The number of alkyl halides is 2. The Balaban J connectivity index is 0.000000119. The molecule has 16 amide bonds. The second kappa shape index (κ2) is 35.9. The van der Waals surface area contributed by atoms with E-state index in [0.717, 1.165) is 104 Å². The van der Waals surface area contributed by atoms with Crippen molar-refractivity contribution in [3.63, 3.8) is 0 Å². The van der Waals surface area contributed by atoms with Gasteiger partial charge in [0.2, 0.25) is 0 Å². The number of benzene rings is 11. The van der Waals surface area contributed by atoms with Crippen molar-refractivity contribution in [3.8, 4) is 56.4 Å². The summed E-state index contributed by atoms with van der Waals surface area (Å²) in [5, 5.41) is 31.3. The Hall–Kier alpha value is -17.0. The molecule has 0 saturated carbocycles. The zero-order chi connectivity index (χ0) is 98.4. The third-order valence-corrected chi connectivity index (χ3v) is 27.2. The van der Waals surface area contributed by atoms with E-state index in [1.807, 2.05) is 148 Å². The normalized spacial score (nSPS) is 19.2. The van der Waals surface area contributed by atoms with Crippen LogP contribution in [-0.4, -0.2) is 174 Å². The Kier molecular flexibility index (Phi) is 23.6. The molecule has 8 aliphatic rings. The van der Waals surface area contributed by atoms with E-state index in [1.54, 1.807) is 108 Å². The summed E-state index contributed by atoms with van der Waals surface area (Å²) in [6.45, 7) is 4.18. The van der Waals surface area contributed by atoms with E-state index in [-0.39, 0.29) is 61.8 Å². The summed E-state index contributed by atoms with van der Waals surface area (Å²) < 4.78 is 51.5. The van der Waals surface area contributed by atoms with Crippen LogP contribution in [0.25, 0.3) is 66.2 Å². The number of carbonyl (C=O) groups excluding carboxylic acids is 12. The van der Waals surface area contributed by atoms with Crippen LogP contribution in [0.3, 0.4) is 0 Å². The van der Waals surface area contributed by atoms with Crippen LogP contribution in [-0.2, 0) is 88.7 Å². The summed E-state index contributed by atoms with van der Waals surface area (Å²) in [7, 11) is 10.4. The van der Waals surface area contributed by atoms with Gasteiger partial charge in [0.15, 0.2) is 22.2 Å². The average Bonchev–Trinajstić information content (AvgIpc) is 1.64. The first-order valence-electron chi connectivity index (χ1n) is 44.3. The van der Waals surface area contributed by atoms with E-state index >= 15 is 0 Å². The molecular formula is C103H89BrF2N18O16. The molecule has 34 nitrogen and oxygen atoms in total. The van der Waals surface area contributed by atoms with Gasteiger partial charge in [0.1, 0.15) is 23.0 Å². The largest absolute Gasteiger partial charge is 0.497 e. The molecule has 0 aliphatic carbocycles. The molecule has 4 atom stereocenters. The molecule has 11 aromatic carbocycles. The molecule has 3 aromatic heterocycles. The van der Waals surface area contributed by atoms with Crippen molar-refractivity contribution in [1.29, 1.82) is 0 Å². The molecule has 4 fully saturated rings. The predicted molar refractivity (Wildman–Crippen MR) is 511 cm³/mol. The lowest BCUT2D eigenvalue weighted by molar-refractivity contribution is -0.125. The number of amides is 16. The molecule has 708 valence electrons. The molecule has 4 saturated heterocycles. The quantitative estimate of drug-likeness (QED) is 0.0329. The first-order chi connectivity index (χ1) is 67.1. The number of hydrogen-bond donors (Lipinski definition) is 8. The molecule has 0 radical (unpaired) electrons. The van der Waals surface area contributed by atoms with Gasteiger partial charge in [-0.05, 0) is 212 Å². The Morgan fingerprint density at radius 2 is 0.714 bits per heavy atom. The summed E-state index contributed by atoms with van der Waals surface area (Å²) in [4.78, 5) is 164. The van der Waals surface area contributed by atoms with Crippen molar-refractivity contribution < 1.29 is 85.3 Å². The van der Waals surface area contributed by atoms with E-state index in [4.69, 9.17) is 14.2 Å². The van der Waals surface area contributed by atoms with E-state index in [1.165, 1.54) is 23.1 Å². The lowest BCUT2D eigenvalue weighted by atomic mass is 9.87. The smallest absolute Gasteiger partial charge is 0.387 e. The molecule has 0 bridgehead atoms. The first kappa shape index (κ1) is 92.1. The fourth-order valence-corrected chi connectivity index (χ4v) is 19.9. The van der Waals surface area contributed by atoms with Crippen LogP contribution >= 0.6 is 15.9 Å².